The van der Waals surface area contributed by atoms with Gasteiger partial charge in [0, 0.05) is 12.7 Å². The topological polar surface area (TPSA) is 112 Å². The highest BCUT2D eigenvalue weighted by Crippen LogP contribution is 2.01. The highest BCUT2D eigenvalue weighted by Gasteiger charge is 2.17. The lowest BCUT2D eigenvalue weighted by Gasteiger charge is -2.05. The van der Waals surface area contributed by atoms with Crippen molar-refractivity contribution in [1.82, 2.24) is 14.7 Å². The average molecular weight is 295 g/mol. The Hall–Kier alpha value is -2.19. The summed E-state index contributed by atoms with van der Waals surface area (Å²) in [5.41, 5.74) is -0.718. The molecule has 0 aliphatic rings. The van der Waals surface area contributed by atoms with Crippen molar-refractivity contribution < 1.29 is 8.42 Å². The molecule has 1 aromatic carbocycles. The van der Waals surface area contributed by atoms with Crippen molar-refractivity contribution in [2.75, 3.05) is 6.54 Å². The van der Waals surface area contributed by atoms with Gasteiger partial charge in [-0.05, 0) is 12.0 Å². The van der Waals surface area contributed by atoms with Crippen LogP contribution >= 0.6 is 0 Å². The van der Waals surface area contributed by atoms with Crippen LogP contribution in [0.1, 0.15) is 5.56 Å². The third kappa shape index (κ3) is 3.43. The van der Waals surface area contributed by atoms with Crippen molar-refractivity contribution >= 4 is 10.0 Å². The fourth-order valence-corrected chi connectivity index (χ4v) is 2.68. The zero-order chi connectivity index (χ0) is 14.6. The Morgan fingerprint density at radius 1 is 1.10 bits per heavy atom. The molecule has 20 heavy (non-hydrogen) atoms. The Labute approximate surface area is 114 Å². The number of hydrogen-bond donors (Lipinski definition) is 3. The van der Waals surface area contributed by atoms with E-state index in [1.54, 1.807) is 0 Å². The quantitative estimate of drug-likeness (QED) is 0.695. The van der Waals surface area contributed by atoms with Crippen molar-refractivity contribution in [1.29, 1.82) is 0 Å². The first-order chi connectivity index (χ1) is 9.49. The molecule has 2 rings (SSSR count). The molecule has 3 N–H and O–H groups in total. The van der Waals surface area contributed by atoms with Gasteiger partial charge in [-0.25, -0.2) is 17.9 Å². The molecular formula is C12H13N3O4S. The molecule has 0 aliphatic heterocycles. The first-order valence-corrected chi connectivity index (χ1v) is 7.33. The lowest BCUT2D eigenvalue weighted by atomic mass is 10.2. The fourth-order valence-electron chi connectivity index (χ4n) is 1.65. The number of aromatic amines is 2. The summed E-state index contributed by atoms with van der Waals surface area (Å²) in [6, 6.07) is 9.34. The van der Waals surface area contributed by atoms with Crippen LogP contribution in [0.5, 0.6) is 0 Å². The van der Waals surface area contributed by atoms with Gasteiger partial charge in [0.1, 0.15) is 0 Å². The second kappa shape index (κ2) is 5.85. The maximum absolute atomic E-state index is 11.9. The number of rotatable bonds is 5. The molecule has 0 amide bonds. The first-order valence-electron chi connectivity index (χ1n) is 5.84. The zero-order valence-corrected chi connectivity index (χ0v) is 11.2. The van der Waals surface area contributed by atoms with Crippen LogP contribution in [0, 0.1) is 0 Å². The molecule has 7 nitrogen and oxygen atoms in total. The van der Waals surface area contributed by atoms with E-state index in [4.69, 9.17) is 0 Å². The molecule has 1 heterocycles. The van der Waals surface area contributed by atoms with Gasteiger partial charge >= 0.3 is 5.69 Å². The highest BCUT2D eigenvalue weighted by atomic mass is 32.2. The molecule has 0 spiro atoms. The van der Waals surface area contributed by atoms with E-state index >= 15 is 0 Å². The number of H-pyrrole nitrogens is 2. The number of nitrogens with one attached hydrogen (secondary N) is 3. The maximum atomic E-state index is 11.9. The Morgan fingerprint density at radius 3 is 2.45 bits per heavy atom. The van der Waals surface area contributed by atoms with Crippen molar-refractivity contribution in [3.05, 3.63) is 62.9 Å². The van der Waals surface area contributed by atoms with E-state index in [1.807, 2.05) is 35.3 Å². The predicted molar refractivity (Wildman–Crippen MR) is 73.0 cm³/mol. The molecule has 1 aromatic heterocycles. The van der Waals surface area contributed by atoms with E-state index in [-0.39, 0.29) is 6.54 Å². The number of benzene rings is 1. The minimum absolute atomic E-state index is 0.158. The van der Waals surface area contributed by atoms with E-state index in [0.29, 0.717) is 6.42 Å². The lowest BCUT2D eigenvalue weighted by molar-refractivity contribution is 0.579. The minimum atomic E-state index is -3.94. The number of aromatic nitrogens is 2. The third-order valence-corrected chi connectivity index (χ3v) is 4.09. The van der Waals surface area contributed by atoms with Gasteiger partial charge in [0.2, 0.25) is 10.0 Å². The Kier molecular flexibility index (Phi) is 4.16. The van der Waals surface area contributed by atoms with E-state index in [1.165, 1.54) is 0 Å². The van der Waals surface area contributed by atoms with Crippen molar-refractivity contribution in [3.63, 3.8) is 0 Å². The van der Waals surface area contributed by atoms with Crippen LogP contribution in [0.15, 0.2) is 51.0 Å². The zero-order valence-electron chi connectivity index (χ0n) is 10.4. The van der Waals surface area contributed by atoms with E-state index in [0.717, 1.165) is 11.8 Å². The lowest BCUT2D eigenvalue weighted by Crippen LogP contribution is -2.33. The van der Waals surface area contributed by atoms with Gasteiger partial charge in [-0.2, -0.15) is 0 Å². The Morgan fingerprint density at radius 2 is 1.80 bits per heavy atom. The second-order valence-electron chi connectivity index (χ2n) is 4.07. The average Bonchev–Trinajstić information content (AvgIpc) is 2.39. The van der Waals surface area contributed by atoms with Gasteiger partial charge in [-0.15, -0.1) is 0 Å². The summed E-state index contributed by atoms with van der Waals surface area (Å²) >= 11 is 0. The summed E-state index contributed by atoms with van der Waals surface area (Å²) < 4.78 is 26.1. The molecule has 0 bridgehead atoms. The van der Waals surface area contributed by atoms with Crippen LogP contribution in [0.2, 0.25) is 0 Å². The SMILES string of the molecule is O=c1[nH]cc(S(=O)(=O)NCCc2ccccc2)c(=O)[nH]1. The van der Waals surface area contributed by atoms with Crippen molar-refractivity contribution in [2.24, 2.45) is 0 Å². The minimum Gasteiger partial charge on any atom is -0.313 e. The summed E-state index contributed by atoms with van der Waals surface area (Å²) in [4.78, 5) is 25.7. The standard InChI is InChI=1S/C12H13N3O4S/c16-11-10(8-13-12(17)15-11)20(18,19)14-7-6-9-4-2-1-3-5-9/h1-5,8,14H,6-7H2,(H2,13,15,16,17). The summed E-state index contributed by atoms with van der Waals surface area (Å²) in [5.74, 6) is 0. The summed E-state index contributed by atoms with van der Waals surface area (Å²) in [6.45, 7) is 0.158. The third-order valence-electron chi connectivity index (χ3n) is 2.62. The monoisotopic (exact) mass is 295 g/mol. The van der Waals surface area contributed by atoms with Crippen LogP contribution in [0.25, 0.3) is 0 Å². The second-order valence-corrected chi connectivity index (χ2v) is 5.80. The molecule has 0 saturated carbocycles. The normalized spacial score (nSPS) is 11.4. The Bertz CT molecular complexity index is 793. The molecule has 2 aromatic rings. The maximum Gasteiger partial charge on any atom is 0.325 e. The van der Waals surface area contributed by atoms with Crippen LogP contribution in [0.3, 0.4) is 0 Å². The molecule has 0 saturated heterocycles. The molecular weight excluding hydrogens is 282 g/mol. The summed E-state index contributed by atoms with van der Waals surface area (Å²) in [7, 11) is -3.94. The van der Waals surface area contributed by atoms with E-state index in [9.17, 15) is 18.0 Å². The van der Waals surface area contributed by atoms with Gasteiger partial charge in [0.05, 0.1) is 0 Å². The van der Waals surface area contributed by atoms with Crippen molar-refractivity contribution in [3.8, 4) is 0 Å². The molecule has 106 valence electrons. The predicted octanol–water partition coefficient (Wildman–Crippen LogP) is -0.416. The number of sulfonamides is 1. The first kappa shape index (κ1) is 14.2. The van der Waals surface area contributed by atoms with Crippen LogP contribution in [-0.4, -0.2) is 24.9 Å². The van der Waals surface area contributed by atoms with Gasteiger partial charge in [-0.1, -0.05) is 30.3 Å². The van der Waals surface area contributed by atoms with Crippen LogP contribution in [0.4, 0.5) is 0 Å². The summed E-state index contributed by atoms with van der Waals surface area (Å²) in [6.07, 6.45) is 1.38. The smallest absolute Gasteiger partial charge is 0.313 e. The highest BCUT2D eigenvalue weighted by molar-refractivity contribution is 7.89. The van der Waals surface area contributed by atoms with E-state index < -0.39 is 26.2 Å². The molecule has 0 atom stereocenters. The molecule has 8 heteroatoms. The molecule has 0 unspecified atom stereocenters. The number of hydrogen-bond acceptors (Lipinski definition) is 4. The molecule has 0 fully saturated rings. The fraction of sp³-hybridized carbons (Fsp3) is 0.167. The largest absolute Gasteiger partial charge is 0.325 e. The van der Waals surface area contributed by atoms with Gasteiger partial charge < -0.3 is 4.98 Å². The van der Waals surface area contributed by atoms with Gasteiger partial charge in [-0.3, -0.25) is 9.78 Å². The van der Waals surface area contributed by atoms with Crippen LogP contribution < -0.4 is 16.0 Å². The van der Waals surface area contributed by atoms with Crippen molar-refractivity contribution in [2.45, 2.75) is 11.3 Å². The summed E-state index contributed by atoms with van der Waals surface area (Å²) in [5, 5.41) is 0. The van der Waals surface area contributed by atoms with Crippen LogP contribution in [-0.2, 0) is 16.4 Å². The van der Waals surface area contributed by atoms with Gasteiger partial charge in [0.15, 0.2) is 4.90 Å². The van der Waals surface area contributed by atoms with E-state index in [2.05, 4.69) is 9.71 Å². The Balaban J connectivity index is 2.08. The molecule has 0 aliphatic carbocycles. The molecule has 0 radical (unpaired) electrons. The van der Waals surface area contributed by atoms with Gasteiger partial charge in [0.25, 0.3) is 5.56 Å².